The van der Waals surface area contributed by atoms with Crippen LogP contribution < -0.4 is 10.1 Å². The molecule has 2 aromatic carbocycles. The van der Waals surface area contributed by atoms with E-state index in [1.807, 2.05) is 24.3 Å². The van der Waals surface area contributed by atoms with Crippen LogP contribution in [0.25, 0.3) is 10.9 Å². The zero-order valence-corrected chi connectivity index (χ0v) is 12.5. The van der Waals surface area contributed by atoms with Crippen LogP contribution in [-0.4, -0.2) is 18.0 Å². The zero-order valence-electron chi connectivity index (χ0n) is 12.5. The third-order valence-corrected chi connectivity index (χ3v) is 3.42. The van der Waals surface area contributed by atoms with Crippen LogP contribution in [0.5, 0.6) is 5.75 Å². The van der Waals surface area contributed by atoms with Crippen molar-refractivity contribution in [2.24, 2.45) is 0 Å². The number of terminal acetylenes is 1. The molecule has 3 rings (SSSR count). The molecule has 1 heterocycles. The minimum Gasteiger partial charge on any atom is -0.497 e. The van der Waals surface area contributed by atoms with Gasteiger partial charge < -0.3 is 10.1 Å². The fraction of sp³-hybridized carbons (Fsp3) is 0.0526. The maximum absolute atomic E-state index is 12.3. The Labute approximate surface area is 134 Å². The Balaban J connectivity index is 1.87. The van der Waals surface area contributed by atoms with E-state index in [0.717, 1.165) is 16.7 Å². The van der Waals surface area contributed by atoms with E-state index in [4.69, 9.17) is 11.2 Å². The molecule has 0 aliphatic carbocycles. The summed E-state index contributed by atoms with van der Waals surface area (Å²) in [5, 5.41) is 3.71. The fourth-order valence-electron chi connectivity index (χ4n) is 2.24. The summed E-state index contributed by atoms with van der Waals surface area (Å²) >= 11 is 0. The number of rotatable bonds is 3. The lowest BCUT2D eigenvalue weighted by molar-refractivity contribution is 0.102. The number of hydrogen-bond donors (Lipinski definition) is 1. The number of carbonyl (C=O) groups excluding carboxylic acids is 1. The molecule has 4 heteroatoms. The number of ether oxygens (including phenoxy) is 1. The van der Waals surface area contributed by atoms with Crippen molar-refractivity contribution in [3.8, 4) is 18.1 Å². The van der Waals surface area contributed by atoms with E-state index >= 15 is 0 Å². The third kappa shape index (κ3) is 3.14. The van der Waals surface area contributed by atoms with Gasteiger partial charge in [-0.2, -0.15) is 0 Å². The average Bonchev–Trinajstić information content (AvgIpc) is 2.60. The topological polar surface area (TPSA) is 51.2 Å². The average molecular weight is 302 g/mol. The summed E-state index contributed by atoms with van der Waals surface area (Å²) in [4.78, 5) is 16.7. The van der Waals surface area contributed by atoms with Crippen molar-refractivity contribution in [2.45, 2.75) is 0 Å². The summed E-state index contributed by atoms with van der Waals surface area (Å²) in [5.74, 6) is 3.01. The highest BCUT2D eigenvalue weighted by Gasteiger charge is 2.09. The quantitative estimate of drug-likeness (QED) is 0.754. The number of fused-ring (bicyclic) bond motifs is 1. The smallest absolute Gasteiger partial charge is 0.274 e. The van der Waals surface area contributed by atoms with E-state index in [0.29, 0.717) is 16.9 Å². The lowest BCUT2D eigenvalue weighted by Gasteiger charge is -2.07. The second kappa shape index (κ2) is 6.20. The van der Waals surface area contributed by atoms with Gasteiger partial charge in [-0.3, -0.25) is 4.79 Å². The minimum atomic E-state index is -0.281. The normalized spacial score (nSPS) is 10.1. The van der Waals surface area contributed by atoms with Crippen molar-refractivity contribution in [1.29, 1.82) is 0 Å². The number of hydrogen-bond acceptors (Lipinski definition) is 3. The summed E-state index contributed by atoms with van der Waals surface area (Å²) in [6, 6.07) is 16.2. The number of carbonyl (C=O) groups is 1. The second-order valence-electron chi connectivity index (χ2n) is 4.93. The summed E-state index contributed by atoms with van der Waals surface area (Å²) in [5.41, 5.74) is 2.42. The van der Waals surface area contributed by atoms with Gasteiger partial charge >= 0.3 is 0 Å². The number of pyridine rings is 1. The number of nitrogens with one attached hydrogen (secondary N) is 1. The molecule has 23 heavy (non-hydrogen) atoms. The third-order valence-electron chi connectivity index (χ3n) is 3.42. The Morgan fingerprint density at radius 3 is 2.83 bits per heavy atom. The van der Waals surface area contributed by atoms with Crippen LogP contribution in [0.15, 0.2) is 54.6 Å². The first-order chi connectivity index (χ1) is 11.2. The molecule has 1 N–H and O–H groups in total. The molecule has 0 saturated carbocycles. The zero-order chi connectivity index (χ0) is 16.2. The van der Waals surface area contributed by atoms with Gasteiger partial charge in [-0.05, 0) is 42.5 Å². The molecule has 0 radical (unpaired) electrons. The van der Waals surface area contributed by atoms with Gasteiger partial charge in [0.25, 0.3) is 5.91 Å². The molecule has 112 valence electrons. The molecule has 0 bridgehead atoms. The molecule has 0 fully saturated rings. The highest BCUT2D eigenvalue weighted by Crippen LogP contribution is 2.20. The lowest BCUT2D eigenvalue weighted by atomic mass is 10.2. The molecule has 0 aliphatic heterocycles. The monoisotopic (exact) mass is 302 g/mol. The molecule has 1 aromatic heterocycles. The van der Waals surface area contributed by atoms with Gasteiger partial charge in [0.05, 0.1) is 12.6 Å². The van der Waals surface area contributed by atoms with Crippen molar-refractivity contribution in [1.82, 2.24) is 4.98 Å². The van der Waals surface area contributed by atoms with E-state index in [-0.39, 0.29) is 5.91 Å². The van der Waals surface area contributed by atoms with E-state index < -0.39 is 0 Å². The van der Waals surface area contributed by atoms with Gasteiger partial charge in [0.2, 0.25) is 0 Å². The predicted octanol–water partition coefficient (Wildman–Crippen LogP) is 3.48. The maximum Gasteiger partial charge on any atom is 0.274 e. The standard InChI is InChI=1S/C19H14N2O2/c1-3-13-5-4-6-15(11-13)20-19(22)18-9-7-14-12-16(23-2)8-10-17(14)21-18/h1,4-12H,2H3,(H,20,22). The summed E-state index contributed by atoms with van der Waals surface area (Å²) < 4.78 is 5.18. The van der Waals surface area contributed by atoms with Gasteiger partial charge in [-0.15, -0.1) is 6.42 Å². The first-order valence-corrected chi connectivity index (χ1v) is 7.02. The number of benzene rings is 2. The van der Waals surface area contributed by atoms with Crippen molar-refractivity contribution < 1.29 is 9.53 Å². The van der Waals surface area contributed by atoms with Crippen molar-refractivity contribution in [2.75, 3.05) is 12.4 Å². The molecule has 0 aliphatic rings. The molecule has 0 atom stereocenters. The van der Waals surface area contributed by atoms with Crippen LogP contribution in [0.4, 0.5) is 5.69 Å². The Morgan fingerprint density at radius 2 is 2.04 bits per heavy atom. The second-order valence-corrected chi connectivity index (χ2v) is 4.93. The number of methoxy groups -OCH3 is 1. The highest BCUT2D eigenvalue weighted by atomic mass is 16.5. The van der Waals surface area contributed by atoms with E-state index in [1.54, 1.807) is 37.4 Å². The van der Waals surface area contributed by atoms with E-state index in [2.05, 4.69) is 16.2 Å². The lowest BCUT2D eigenvalue weighted by Crippen LogP contribution is -2.13. The Bertz CT molecular complexity index is 926. The molecule has 4 nitrogen and oxygen atoms in total. The van der Waals surface area contributed by atoms with Crippen molar-refractivity contribution >= 4 is 22.5 Å². The van der Waals surface area contributed by atoms with Crippen LogP contribution in [0.1, 0.15) is 16.1 Å². The van der Waals surface area contributed by atoms with Crippen molar-refractivity contribution in [3.05, 3.63) is 65.9 Å². The van der Waals surface area contributed by atoms with Crippen LogP contribution in [-0.2, 0) is 0 Å². The van der Waals surface area contributed by atoms with Crippen LogP contribution in [0.2, 0.25) is 0 Å². The van der Waals surface area contributed by atoms with Gasteiger partial charge in [-0.1, -0.05) is 18.1 Å². The number of aromatic nitrogens is 1. The van der Waals surface area contributed by atoms with Gasteiger partial charge in [-0.25, -0.2) is 4.98 Å². The number of nitrogens with zero attached hydrogens (tertiary/aromatic N) is 1. The van der Waals surface area contributed by atoms with Crippen LogP contribution >= 0.6 is 0 Å². The van der Waals surface area contributed by atoms with Crippen molar-refractivity contribution in [3.63, 3.8) is 0 Å². The molecule has 0 unspecified atom stereocenters. The molecule has 1 amide bonds. The number of anilines is 1. The van der Waals surface area contributed by atoms with E-state index in [1.165, 1.54) is 0 Å². The predicted molar refractivity (Wildman–Crippen MR) is 90.6 cm³/mol. The first-order valence-electron chi connectivity index (χ1n) is 7.02. The van der Waals surface area contributed by atoms with Crippen LogP contribution in [0.3, 0.4) is 0 Å². The first kappa shape index (κ1) is 14.6. The summed E-state index contributed by atoms with van der Waals surface area (Å²) in [7, 11) is 1.61. The number of amides is 1. The largest absolute Gasteiger partial charge is 0.497 e. The van der Waals surface area contributed by atoms with Gasteiger partial charge in [0.15, 0.2) is 0 Å². The minimum absolute atomic E-state index is 0.281. The molecular formula is C19H14N2O2. The van der Waals surface area contributed by atoms with Crippen LogP contribution in [0, 0.1) is 12.3 Å². The molecule has 3 aromatic rings. The molecular weight excluding hydrogens is 288 g/mol. The SMILES string of the molecule is C#Cc1cccc(NC(=O)c2ccc3cc(OC)ccc3n2)c1. The van der Waals surface area contributed by atoms with Gasteiger partial charge in [0, 0.05) is 16.6 Å². The Hall–Kier alpha value is -3.32. The Morgan fingerprint density at radius 1 is 1.17 bits per heavy atom. The summed E-state index contributed by atoms with van der Waals surface area (Å²) in [6.07, 6.45) is 5.36. The Kier molecular flexibility index (Phi) is 3.94. The molecule has 0 saturated heterocycles. The fourth-order valence-corrected chi connectivity index (χ4v) is 2.24. The maximum atomic E-state index is 12.3. The van der Waals surface area contributed by atoms with E-state index in [9.17, 15) is 4.79 Å². The highest BCUT2D eigenvalue weighted by molar-refractivity contribution is 6.04. The summed E-state index contributed by atoms with van der Waals surface area (Å²) in [6.45, 7) is 0. The van der Waals surface area contributed by atoms with Gasteiger partial charge in [0.1, 0.15) is 11.4 Å². The molecule has 0 spiro atoms.